The number of hydrazone groups is 1. The lowest BCUT2D eigenvalue weighted by molar-refractivity contribution is -0.124. The molecule has 0 radical (unpaired) electrons. The standard InChI is InChI=1S/C19H20ClN3O3/c1-13(2)19(25)23-21-11-14-6-8-17(9-7-14)26-12-18(24)22-16-5-3-4-15(20)10-16/h3-11,13H,12H2,1-2H3,(H,22,24)(H,23,25)/b21-11+. The van der Waals surface area contributed by atoms with E-state index in [-0.39, 0.29) is 24.3 Å². The van der Waals surface area contributed by atoms with Gasteiger partial charge in [0.1, 0.15) is 5.75 Å². The molecule has 0 fully saturated rings. The van der Waals surface area contributed by atoms with Gasteiger partial charge in [0.2, 0.25) is 5.91 Å². The van der Waals surface area contributed by atoms with Gasteiger partial charge in [0, 0.05) is 16.6 Å². The van der Waals surface area contributed by atoms with E-state index in [9.17, 15) is 9.59 Å². The predicted molar refractivity (Wildman–Crippen MR) is 103 cm³/mol. The zero-order chi connectivity index (χ0) is 18.9. The van der Waals surface area contributed by atoms with Crippen LogP contribution in [0, 0.1) is 5.92 Å². The van der Waals surface area contributed by atoms with Crippen molar-refractivity contribution in [3.05, 3.63) is 59.1 Å². The molecule has 0 aromatic heterocycles. The minimum atomic E-state index is -0.283. The normalized spacial score (nSPS) is 10.8. The highest BCUT2D eigenvalue weighted by Gasteiger charge is 2.05. The molecule has 0 heterocycles. The van der Waals surface area contributed by atoms with Crippen LogP contribution in [0.3, 0.4) is 0 Å². The van der Waals surface area contributed by atoms with Crippen molar-refractivity contribution in [2.75, 3.05) is 11.9 Å². The van der Waals surface area contributed by atoms with Gasteiger partial charge in [-0.2, -0.15) is 5.10 Å². The molecule has 0 aliphatic rings. The molecule has 2 aromatic carbocycles. The summed E-state index contributed by atoms with van der Waals surface area (Å²) in [5.41, 5.74) is 3.86. The summed E-state index contributed by atoms with van der Waals surface area (Å²) in [6.45, 7) is 3.46. The Bertz CT molecular complexity index is 789. The second kappa shape index (κ2) is 9.58. The maximum atomic E-state index is 11.9. The first-order valence-corrected chi connectivity index (χ1v) is 8.43. The van der Waals surface area contributed by atoms with E-state index in [0.717, 1.165) is 5.56 Å². The van der Waals surface area contributed by atoms with Crippen molar-refractivity contribution in [1.29, 1.82) is 0 Å². The van der Waals surface area contributed by atoms with Crippen LogP contribution in [-0.4, -0.2) is 24.6 Å². The van der Waals surface area contributed by atoms with Gasteiger partial charge in [0.25, 0.3) is 5.91 Å². The fourth-order valence-corrected chi connectivity index (χ4v) is 2.05. The van der Waals surface area contributed by atoms with E-state index in [4.69, 9.17) is 16.3 Å². The maximum Gasteiger partial charge on any atom is 0.262 e. The number of hydrogen-bond donors (Lipinski definition) is 2. The van der Waals surface area contributed by atoms with Crippen molar-refractivity contribution in [2.45, 2.75) is 13.8 Å². The van der Waals surface area contributed by atoms with Gasteiger partial charge in [0.15, 0.2) is 6.61 Å². The summed E-state index contributed by atoms with van der Waals surface area (Å²) in [6, 6.07) is 13.9. The highest BCUT2D eigenvalue weighted by Crippen LogP contribution is 2.15. The van der Waals surface area contributed by atoms with Crippen LogP contribution < -0.4 is 15.5 Å². The van der Waals surface area contributed by atoms with E-state index in [2.05, 4.69) is 15.8 Å². The van der Waals surface area contributed by atoms with Crippen molar-refractivity contribution in [1.82, 2.24) is 5.43 Å². The van der Waals surface area contributed by atoms with Crippen molar-refractivity contribution in [3.63, 3.8) is 0 Å². The number of nitrogens with one attached hydrogen (secondary N) is 2. The molecular formula is C19H20ClN3O3. The molecule has 2 rings (SSSR count). The molecule has 0 aliphatic carbocycles. The maximum absolute atomic E-state index is 11.9. The van der Waals surface area contributed by atoms with Gasteiger partial charge in [-0.1, -0.05) is 31.5 Å². The number of nitrogens with zero attached hydrogens (tertiary/aromatic N) is 1. The highest BCUT2D eigenvalue weighted by molar-refractivity contribution is 6.30. The fourth-order valence-electron chi connectivity index (χ4n) is 1.86. The molecule has 0 aliphatic heterocycles. The summed E-state index contributed by atoms with van der Waals surface area (Å²) < 4.78 is 5.44. The smallest absolute Gasteiger partial charge is 0.262 e. The zero-order valence-electron chi connectivity index (χ0n) is 14.5. The number of hydrogen-bond acceptors (Lipinski definition) is 4. The molecule has 2 aromatic rings. The largest absolute Gasteiger partial charge is 0.484 e. The molecule has 2 amide bonds. The van der Waals surface area contributed by atoms with Crippen LogP contribution in [0.5, 0.6) is 5.75 Å². The number of halogens is 1. The predicted octanol–water partition coefficient (Wildman–Crippen LogP) is 3.46. The minimum Gasteiger partial charge on any atom is -0.484 e. The molecule has 0 atom stereocenters. The molecule has 136 valence electrons. The lowest BCUT2D eigenvalue weighted by Crippen LogP contribution is -2.22. The number of anilines is 1. The second-order valence-electron chi connectivity index (χ2n) is 5.81. The Morgan fingerprint density at radius 3 is 2.58 bits per heavy atom. The summed E-state index contributed by atoms with van der Waals surface area (Å²) in [5.74, 6) is -0.00295. The average molecular weight is 374 g/mol. The number of amides is 2. The van der Waals surface area contributed by atoms with Gasteiger partial charge in [-0.3, -0.25) is 9.59 Å². The molecule has 2 N–H and O–H groups in total. The first-order valence-electron chi connectivity index (χ1n) is 8.05. The highest BCUT2D eigenvalue weighted by atomic mass is 35.5. The third kappa shape index (κ3) is 6.57. The average Bonchev–Trinajstić information content (AvgIpc) is 2.61. The van der Waals surface area contributed by atoms with Gasteiger partial charge in [0.05, 0.1) is 6.21 Å². The van der Waals surface area contributed by atoms with E-state index in [1.54, 1.807) is 62.4 Å². The molecule has 26 heavy (non-hydrogen) atoms. The Balaban J connectivity index is 1.80. The molecule has 0 saturated heterocycles. The number of rotatable bonds is 7. The van der Waals surface area contributed by atoms with Crippen LogP contribution in [0.1, 0.15) is 19.4 Å². The molecule has 0 unspecified atom stereocenters. The molecular weight excluding hydrogens is 354 g/mol. The Hall–Kier alpha value is -2.86. The lowest BCUT2D eigenvalue weighted by Gasteiger charge is -2.08. The fraction of sp³-hybridized carbons (Fsp3) is 0.211. The van der Waals surface area contributed by atoms with Crippen molar-refractivity contribution >= 4 is 35.3 Å². The summed E-state index contributed by atoms with van der Waals surface area (Å²) in [4.78, 5) is 23.3. The van der Waals surface area contributed by atoms with Gasteiger partial charge < -0.3 is 10.1 Å². The number of carbonyl (C=O) groups excluding carboxylic acids is 2. The van der Waals surface area contributed by atoms with Crippen LogP contribution in [0.15, 0.2) is 53.6 Å². The topological polar surface area (TPSA) is 79.8 Å². The van der Waals surface area contributed by atoms with Crippen LogP contribution in [-0.2, 0) is 9.59 Å². The Morgan fingerprint density at radius 1 is 1.19 bits per heavy atom. The van der Waals surface area contributed by atoms with E-state index in [1.165, 1.54) is 6.21 Å². The van der Waals surface area contributed by atoms with Crippen molar-refractivity contribution in [3.8, 4) is 5.75 Å². The lowest BCUT2D eigenvalue weighted by atomic mass is 10.2. The van der Waals surface area contributed by atoms with Gasteiger partial charge in [-0.25, -0.2) is 5.43 Å². The van der Waals surface area contributed by atoms with E-state index in [0.29, 0.717) is 16.5 Å². The summed E-state index contributed by atoms with van der Waals surface area (Å²) in [5, 5.41) is 7.13. The van der Waals surface area contributed by atoms with Gasteiger partial charge in [-0.15, -0.1) is 0 Å². The van der Waals surface area contributed by atoms with Crippen LogP contribution in [0.25, 0.3) is 0 Å². The quantitative estimate of drug-likeness (QED) is 0.576. The molecule has 7 heteroatoms. The van der Waals surface area contributed by atoms with Crippen LogP contribution >= 0.6 is 11.6 Å². The third-order valence-corrected chi connectivity index (χ3v) is 3.51. The summed E-state index contributed by atoms with van der Waals surface area (Å²) >= 11 is 5.87. The second-order valence-corrected chi connectivity index (χ2v) is 6.24. The number of carbonyl (C=O) groups is 2. The Kier molecular flexibility index (Phi) is 7.17. The Labute approximate surface area is 157 Å². The Morgan fingerprint density at radius 2 is 1.92 bits per heavy atom. The molecule has 6 nitrogen and oxygen atoms in total. The van der Waals surface area contributed by atoms with Crippen molar-refractivity contribution < 1.29 is 14.3 Å². The van der Waals surface area contributed by atoms with E-state index >= 15 is 0 Å². The van der Waals surface area contributed by atoms with Gasteiger partial charge in [-0.05, 0) is 48.0 Å². The van der Waals surface area contributed by atoms with Crippen LogP contribution in [0.2, 0.25) is 5.02 Å². The first kappa shape index (κ1) is 19.5. The summed E-state index contributed by atoms with van der Waals surface area (Å²) in [7, 11) is 0. The molecule has 0 saturated carbocycles. The summed E-state index contributed by atoms with van der Waals surface area (Å²) in [6.07, 6.45) is 1.54. The molecule has 0 bridgehead atoms. The van der Waals surface area contributed by atoms with E-state index < -0.39 is 0 Å². The van der Waals surface area contributed by atoms with E-state index in [1.807, 2.05) is 0 Å². The van der Waals surface area contributed by atoms with Crippen molar-refractivity contribution in [2.24, 2.45) is 11.0 Å². The third-order valence-electron chi connectivity index (χ3n) is 3.27. The monoisotopic (exact) mass is 373 g/mol. The SMILES string of the molecule is CC(C)C(=O)N/N=C/c1ccc(OCC(=O)Nc2cccc(Cl)c2)cc1. The molecule has 0 spiro atoms. The number of benzene rings is 2. The van der Waals surface area contributed by atoms with Crippen LogP contribution in [0.4, 0.5) is 5.69 Å². The minimum absolute atomic E-state index is 0.121. The number of ether oxygens (including phenoxy) is 1. The first-order chi connectivity index (χ1) is 12.4. The van der Waals surface area contributed by atoms with Gasteiger partial charge >= 0.3 is 0 Å². The zero-order valence-corrected chi connectivity index (χ0v) is 15.3.